The Balaban J connectivity index is 2.96. The summed E-state index contributed by atoms with van der Waals surface area (Å²) in [4.78, 5) is 11.7. The van der Waals surface area contributed by atoms with Crippen LogP contribution in [-0.4, -0.2) is 39.3 Å². The first-order valence-electron chi connectivity index (χ1n) is 6.04. The molecule has 0 fully saturated rings. The van der Waals surface area contributed by atoms with Gasteiger partial charge in [0, 0.05) is 26.6 Å². The summed E-state index contributed by atoms with van der Waals surface area (Å²) in [5.41, 5.74) is 0.696. The highest BCUT2D eigenvalue weighted by atomic mass is 32.2. The third-order valence-corrected chi connectivity index (χ3v) is 4.99. The number of aryl methyl sites for hydroxylation is 1. The number of hydrogen-bond donors (Lipinski definition) is 1. The maximum absolute atomic E-state index is 12.4. The second-order valence-electron chi connectivity index (χ2n) is 4.57. The standard InChI is InChI=1S/C13H20N2O3S/c1-10-7-5-6-8-12(10)19(17,18)15(4)9-11(2)13(16)14-3/h5-8,11H,9H2,1-4H3,(H,14,16). The van der Waals surface area contributed by atoms with E-state index in [0.29, 0.717) is 5.56 Å². The van der Waals surface area contributed by atoms with Crippen LogP contribution in [0.25, 0.3) is 0 Å². The lowest BCUT2D eigenvalue weighted by molar-refractivity contribution is -0.124. The zero-order valence-electron chi connectivity index (χ0n) is 11.7. The van der Waals surface area contributed by atoms with E-state index >= 15 is 0 Å². The van der Waals surface area contributed by atoms with Gasteiger partial charge in [0.1, 0.15) is 0 Å². The number of nitrogens with zero attached hydrogens (tertiary/aromatic N) is 1. The summed E-state index contributed by atoms with van der Waals surface area (Å²) in [7, 11) is -0.529. The van der Waals surface area contributed by atoms with Gasteiger partial charge in [-0.25, -0.2) is 12.7 Å². The Morgan fingerprint density at radius 3 is 2.47 bits per heavy atom. The van der Waals surface area contributed by atoms with Crippen molar-refractivity contribution in [2.45, 2.75) is 18.7 Å². The lowest BCUT2D eigenvalue weighted by Crippen LogP contribution is -2.37. The van der Waals surface area contributed by atoms with Crippen LogP contribution in [0.1, 0.15) is 12.5 Å². The minimum absolute atomic E-state index is 0.149. The molecule has 1 aromatic carbocycles. The van der Waals surface area contributed by atoms with Crippen molar-refractivity contribution < 1.29 is 13.2 Å². The fourth-order valence-electron chi connectivity index (χ4n) is 1.83. The third kappa shape index (κ3) is 3.54. The van der Waals surface area contributed by atoms with E-state index in [1.807, 2.05) is 0 Å². The number of sulfonamides is 1. The molecular weight excluding hydrogens is 264 g/mol. The molecule has 1 amide bonds. The lowest BCUT2D eigenvalue weighted by atomic mass is 10.2. The fraction of sp³-hybridized carbons (Fsp3) is 0.462. The monoisotopic (exact) mass is 284 g/mol. The molecule has 0 aliphatic rings. The minimum Gasteiger partial charge on any atom is -0.359 e. The number of carbonyl (C=O) groups excluding carboxylic acids is 1. The Morgan fingerprint density at radius 1 is 1.37 bits per heavy atom. The van der Waals surface area contributed by atoms with Crippen LogP contribution in [-0.2, 0) is 14.8 Å². The van der Waals surface area contributed by atoms with Crippen molar-refractivity contribution in [1.29, 1.82) is 0 Å². The summed E-state index contributed by atoms with van der Waals surface area (Å²) in [6.45, 7) is 3.60. The van der Waals surface area contributed by atoms with Gasteiger partial charge in [0.25, 0.3) is 0 Å². The van der Waals surface area contributed by atoms with Crippen LogP contribution in [0.2, 0.25) is 0 Å². The van der Waals surface area contributed by atoms with Crippen LogP contribution < -0.4 is 5.32 Å². The van der Waals surface area contributed by atoms with Crippen LogP contribution in [0, 0.1) is 12.8 Å². The van der Waals surface area contributed by atoms with E-state index in [1.54, 1.807) is 38.1 Å². The summed E-state index contributed by atoms with van der Waals surface area (Å²) in [5, 5.41) is 2.51. The molecule has 0 radical (unpaired) electrons. The number of benzene rings is 1. The fourth-order valence-corrected chi connectivity index (χ4v) is 3.31. The largest absolute Gasteiger partial charge is 0.359 e. The summed E-state index contributed by atoms with van der Waals surface area (Å²) < 4.78 is 26.0. The predicted octanol–water partition coefficient (Wildman–Crippen LogP) is 0.998. The van der Waals surface area contributed by atoms with E-state index in [1.165, 1.54) is 18.4 Å². The molecule has 6 heteroatoms. The van der Waals surface area contributed by atoms with Gasteiger partial charge in [-0.3, -0.25) is 4.79 Å². The highest BCUT2D eigenvalue weighted by Crippen LogP contribution is 2.19. The van der Waals surface area contributed by atoms with Crippen LogP contribution in [0.5, 0.6) is 0 Å². The normalized spacial score (nSPS) is 13.3. The van der Waals surface area contributed by atoms with Crippen molar-refractivity contribution >= 4 is 15.9 Å². The highest BCUT2D eigenvalue weighted by molar-refractivity contribution is 7.89. The van der Waals surface area contributed by atoms with Crippen molar-refractivity contribution in [3.63, 3.8) is 0 Å². The average molecular weight is 284 g/mol. The smallest absolute Gasteiger partial charge is 0.243 e. The van der Waals surface area contributed by atoms with Crippen molar-refractivity contribution in [3.05, 3.63) is 29.8 Å². The van der Waals surface area contributed by atoms with Crippen molar-refractivity contribution in [2.24, 2.45) is 5.92 Å². The molecule has 1 rings (SSSR count). The second kappa shape index (κ2) is 6.16. The van der Waals surface area contributed by atoms with Crippen molar-refractivity contribution in [1.82, 2.24) is 9.62 Å². The predicted molar refractivity (Wildman–Crippen MR) is 74.2 cm³/mol. The van der Waals surface area contributed by atoms with Crippen molar-refractivity contribution in [3.8, 4) is 0 Å². The van der Waals surface area contributed by atoms with Gasteiger partial charge in [0.2, 0.25) is 15.9 Å². The molecule has 0 aliphatic carbocycles. The zero-order chi connectivity index (χ0) is 14.6. The molecule has 0 bridgehead atoms. The van der Waals surface area contributed by atoms with Gasteiger partial charge in [-0.15, -0.1) is 0 Å². The molecule has 0 aromatic heterocycles. The Bertz CT molecular complexity index is 555. The third-order valence-electron chi connectivity index (χ3n) is 3.01. The zero-order valence-corrected chi connectivity index (χ0v) is 12.5. The van der Waals surface area contributed by atoms with Crippen LogP contribution in [0.4, 0.5) is 0 Å². The van der Waals surface area contributed by atoms with Crippen LogP contribution in [0.15, 0.2) is 29.2 Å². The van der Waals surface area contributed by atoms with E-state index in [0.717, 1.165) is 0 Å². The molecule has 0 saturated heterocycles. The number of nitrogens with one attached hydrogen (secondary N) is 1. The van der Waals surface area contributed by atoms with E-state index < -0.39 is 15.9 Å². The summed E-state index contributed by atoms with van der Waals surface area (Å²) in [6, 6.07) is 6.81. The second-order valence-corrected chi connectivity index (χ2v) is 6.58. The van der Waals surface area contributed by atoms with E-state index in [4.69, 9.17) is 0 Å². The van der Waals surface area contributed by atoms with Gasteiger partial charge in [-0.2, -0.15) is 0 Å². The molecule has 106 valence electrons. The molecular formula is C13H20N2O3S. The van der Waals surface area contributed by atoms with Gasteiger partial charge >= 0.3 is 0 Å². The molecule has 0 spiro atoms. The van der Waals surface area contributed by atoms with Gasteiger partial charge in [-0.1, -0.05) is 25.1 Å². The highest BCUT2D eigenvalue weighted by Gasteiger charge is 2.25. The molecule has 1 aromatic rings. The number of rotatable bonds is 5. The quantitative estimate of drug-likeness (QED) is 0.877. The van der Waals surface area contributed by atoms with E-state index in [-0.39, 0.29) is 17.3 Å². The topological polar surface area (TPSA) is 66.5 Å². The Kier molecular flexibility index (Phi) is 5.08. The lowest BCUT2D eigenvalue weighted by Gasteiger charge is -2.21. The maximum atomic E-state index is 12.4. The summed E-state index contributed by atoms with van der Waals surface area (Å²) in [5.74, 6) is -0.569. The van der Waals surface area contributed by atoms with Gasteiger partial charge in [-0.05, 0) is 18.6 Å². The molecule has 1 unspecified atom stereocenters. The molecule has 5 nitrogen and oxygen atoms in total. The Morgan fingerprint density at radius 2 is 1.95 bits per heavy atom. The Labute approximate surface area is 114 Å². The van der Waals surface area contributed by atoms with Gasteiger partial charge < -0.3 is 5.32 Å². The molecule has 1 atom stereocenters. The number of amides is 1. The van der Waals surface area contributed by atoms with Crippen LogP contribution in [0.3, 0.4) is 0 Å². The first-order valence-corrected chi connectivity index (χ1v) is 7.48. The maximum Gasteiger partial charge on any atom is 0.243 e. The number of hydrogen-bond acceptors (Lipinski definition) is 3. The molecule has 1 N–H and O–H groups in total. The minimum atomic E-state index is -3.55. The SMILES string of the molecule is CNC(=O)C(C)CN(C)S(=O)(=O)c1ccccc1C. The van der Waals surface area contributed by atoms with Crippen molar-refractivity contribution in [2.75, 3.05) is 20.6 Å². The van der Waals surface area contributed by atoms with E-state index in [2.05, 4.69) is 5.32 Å². The molecule has 0 heterocycles. The number of carbonyl (C=O) groups is 1. The summed E-state index contributed by atoms with van der Waals surface area (Å²) in [6.07, 6.45) is 0. The van der Waals surface area contributed by atoms with E-state index in [9.17, 15) is 13.2 Å². The first-order chi connectivity index (χ1) is 8.80. The summed E-state index contributed by atoms with van der Waals surface area (Å²) >= 11 is 0. The Hall–Kier alpha value is -1.40. The van der Waals surface area contributed by atoms with Gasteiger partial charge in [0.05, 0.1) is 4.90 Å². The molecule has 0 saturated carbocycles. The molecule has 0 aliphatic heterocycles. The molecule has 19 heavy (non-hydrogen) atoms. The first kappa shape index (κ1) is 15.7. The van der Waals surface area contributed by atoms with Crippen LogP contribution >= 0.6 is 0 Å². The average Bonchev–Trinajstić information content (AvgIpc) is 2.37. The van der Waals surface area contributed by atoms with Gasteiger partial charge in [0.15, 0.2) is 0 Å².